The predicted octanol–water partition coefficient (Wildman–Crippen LogP) is 3.31. The van der Waals surface area contributed by atoms with Crippen molar-refractivity contribution < 1.29 is 8.42 Å². The van der Waals surface area contributed by atoms with Crippen molar-refractivity contribution in [1.82, 2.24) is 9.29 Å². The smallest absolute Gasteiger partial charge is 0.244 e. The van der Waals surface area contributed by atoms with Gasteiger partial charge in [-0.3, -0.25) is 0 Å². The Bertz CT molecular complexity index is 747. The van der Waals surface area contributed by atoms with E-state index in [1.54, 1.807) is 19.2 Å². The maximum Gasteiger partial charge on any atom is 0.244 e. The third-order valence-electron chi connectivity index (χ3n) is 2.77. The van der Waals surface area contributed by atoms with E-state index in [1.807, 2.05) is 0 Å². The first-order valence-corrected chi connectivity index (χ1v) is 8.89. The van der Waals surface area contributed by atoms with Crippen LogP contribution in [0.25, 0.3) is 0 Å². The number of hydrogen-bond donors (Lipinski definition) is 1. The van der Waals surface area contributed by atoms with Crippen LogP contribution in [0.4, 0.5) is 5.82 Å². The summed E-state index contributed by atoms with van der Waals surface area (Å²) in [5, 5.41) is 3.04. The van der Waals surface area contributed by atoms with E-state index in [-0.39, 0.29) is 16.5 Å². The molecule has 0 unspecified atom stereocenters. The minimum atomic E-state index is -3.65. The molecule has 2 aromatic rings. The second-order valence-corrected chi connectivity index (χ2v) is 8.47. The van der Waals surface area contributed by atoms with Gasteiger partial charge in [0.05, 0.1) is 9.36 Å². The summed E-state index contributed by atoms with van der Waals surface area (Å²) >= 11 is 13.2. The summed E-state index contributed by atoms with van der Waals surface area (Å²) in [6.07, 6.45) is 1.28. The number of thiophene rings is 1. The van der Waals surface area contributed by atoms with Crippen LogP contribution in [0, 0.1) is 0 Å². The van der Waals surface area contributed by atoms with Gasteiger partial charge in [-0.05, 0) is 18.2 Å². The van der Waals surface area contributed by atoms with Gasteiger partial charge in [0.1, 0.15) is 10.7 Å². The van der Waals surface area contributed by atoms with Gasteiger partial charge in [-0.25, -0.2) is 13.4 Å². The van der Waals surface area contributed by atoms with Crippen LogP contribution in [0.1, 0.15) is 4.88 Å². The Hall–Kier alpha value is -0.860. The summed E-state index contributed by atoms with van der Waals surface area (Å²) in [5.41, 5.74) is 0. The van der Waals surface area contributed by atoms with Crippen LogP contribution < -0.4 is 5.32 Å². The van der Waals surface area contributed by atoms with Gasteiger partial charge in [-0.1, -0.05) is 23.2 Å². The van der Waals surface area contributed by atoms with Crippen molar-refractivity contribution in [3.8, 4) is 0 Å². The molecular formula is C12H13Cl2N3O2S2. The van der Waals surface area contributed by atoms with Gasteiger partial charge in [0.2, 0.25) is 10.0 Å². The fourth-order valence-corrected chi connectivity index (χ4v) is 4.34. The first-order valence-electron chi connectivity index (χ1n) is 5.88. The zero-order valence-electron chi connectivity index (χ0n) is 11.3. The molecule has 1 N–H and O–H groups in total. The maximum atomic E-state index is 12.5. The molecule has 0 spiro atoms. The Kier molecular flexibility index (Phi) is 5.11. The summed E-state index contributed by atoms with van der Waals surface area (Å²) in [6, 6.07) is 4.92. The van der Waals surface area contributed by atoms with E-state index in [4.69, 9.17) is 23.2 Å². The Balaban J connectivity index is 2.26. The van der Waals surface area contributed by atoms with Crippen LogP contribution in [0.3, 0.4) is 0 Å². The van der Waals surface area contributed by atoms with E-state index in [2.05, 4.69) is 10.3 Å². The van der Waals surface area contributed by atoms with Crippen molar-refractivity contribution >= 4 is 50.4 Å². The third kappa shape index (κ3) is 3.67. The number of aromatic nitrogens is 1. The molecule has 0 aromatic carbocycles. The Labute approximate surface area is 137 Å². The van der Waals surface area contributed by atoms with Crippen LogP contribution >= 0.6 is 34.5 Å². The number of rotatable bonds is 5. The number of nitrogens with zero attached hydrogens (tertiary/aromatic N) is 2. The largest absolute Gasteiger partial charge is 0.372 e. The van der Waals surface area contributed by atoms with Gasteiger partial charge in [0.25, 0.3) is 0 Å². The molecule has 0 radical (unpaired) electrons. The highest BCUT2D eigenvalue weighted by Gasteiger charge is 2.23. The molecule has 0 aliphatic rings. The quantitative estimate of drug-likeness (QED) is 0.882. The number of anilines is 1. The Morgan fingerprint density at radius 3 is 2.62 bits per heavy atom. The van der Waals surface area contributed by atoms with Crippen molar-refractivity contribution in [2.75, 3.05) is 19.4 Å². The Morgan fingerprint density at radius 1 is 1.38 bits per heavy atom. The van der Waals surface area contributed by atoms with Crippen LogP contribution in [0.15, 0.2) is 29.3 Å². The summed E-state index contributed by atoms with van der Waals surface area (Å²) in [6.45, 7) is 0.241. The number of halogens is 2. The molecule has 0 aliphatic heterocycles. The molecule has 9 heteroatoms. The van der Waals surface area contributed by atoms with Crippen LogP contribution in [0.5, 0.6) is 0 Å². The van der Waals surface area contributed by atoms with Crippen molar-refractivity contribution in [1.29, 1.82) is 0 Å². The summed E-state index contributed by atoms with van der Waals surface area (Å²) in [7, 11) is -0.489. The molecular weight excluding hydrogens is 353 g/mol. The van der Waals surface area contributed by atoms with E-state index >= 15 is 0 Å². The van der Waals surface area contributed by atoms with Crippen molar-refractivity contribution in [3.05, 3.63) is 38.6 Å². The summed E-state index contributed by atoms with van der Waals surface area (Å²) in [4.78, 5) is 4.90. The molecule has 2 rings (SSSR count). The number of pyridine rings is 1. The second-order valence-electron chi connectivity index (χ2n) is 4.22. The second kappa shape index (κ2) is 6.50. The van der Waals surface area contributed by atoms with E-state index in [0.29, 0.717) is 10.2 Å². The Morgan fingerprint density at radius 2 is 2.10 bits per heavy atom. The average Bonchev–Trinajstić information content (AvgIpc) is 2.83. The fraction of sp³-hybridized carbons (Fsp3) is 0.250. The van der Waals surface area contributed by atoms with E-state index in [0.717, 1.165) is 4.88 Å². The summed E-state index contributed by atoms with van der Waals surface area (Å²) in [5.74, 6) is 0.434. The minimum Gasteiger partial charge on any atom is -0.372 e. The van der Waals surface area contributed by atoms with Gasteiger partial charge in [-0.15, -0.1) is 11.3 Å². The fourth-order valence-electron chi connectivity index (χ4n) is 1.67. The van der Waals surface area contributed by atoms with Crippen LogP contribution in [-0.2, 0) is 16.6 Å². The SMILES string of the molecule is CNc1ncc(S(=O)(=O)N(C)Cc2ccc(Cl)s2)cc1Cl. The van der Waals surface area contributed by atoms with Gasteiger partial charge in [0, 0.05) is 31.7 Å². The minimum absolute atomic E-state index is 0.0525. The van der Waals surface area contributed by atoms with E-state index < -0.39 is 10.0 Å². The molecule has 0 atom stereocenters. The molecule has 21 heavy (non-hydrogen) atoms. The van der Waals surface area contributed by atoms with Crippen LogP contribution in [-0.4, -0.2) is 31.8 Å². The lowest BCUT2D eigenvalue weighted by atomic mass is 10.4. The zero-order chi connectivity index (χ0) is 15.6. The molecule has 0 aliphatic carbocycles. The normalized spacial score (nSPS) is 11.9. The highest BCUT2D eigenvalue weighted by Crippen LogP contribution is 2.26. The van der Waals surface area contributed by atoms with Gasteiger partial charge >= 0.3 is 0 Å². The topological polar surface area (TPSA) is 62.3 Å². The first-order chi connectivity index (χ1) is 9.84. The maximum absolute atomic E-state index is 12.5. The molecule has 2 aromatic heterocycles. The highest BCUT2D eigenvalue weighted by atomic mass is 35.5. The average molecular weight is 366 g/mol. The van der Waals surface area contributed by atoms with Crippen molar-refractivity contribution in [3.63, 3.8) is 0 Å². The molecule has 5 nitrogen and oxygen atoms in total. The summed E-state index contributed by atoms with van der Waals surface area (Å²) < 4.78 is 26.8. The van der Waals surface area contributed by atoms with Crippen molar-refractivity contribution in [2.24, 2.45) is 0 Å². The number of sulfonamides is 1. The highest BCUT2D eigenvalue weighted by molar-refractivity contribution is 7.89. The molecule has 114 valence electrons. The van der Waals surface area contributed by atoms with Gasteiger partial charge in [-0.2, -0.15) is 4.31 Å². The van der Waals surface area contributed by atoms with Gasteiger partial charge < -0.3 is 5.32 Å². The zero-order valence-corrected chi connectivity index (χ0v) is 14.4. The number of hydrogen-bond acceptors (Lipinski definition) is 5. The van der Waals surface area contributed by atoms with E-state index in [9.17, 15) is 8.42 Å². The molecule has 0 fully saturated rings. The van der Waals surface area contributed by atoms with Gasteiger partial charge in [0.15, 0.2) is 0 Å². The molecule has 2 heterocycles. The molecule has 0 bridgehead atoms. The lowest BCUT2D eigenvalue weighted by Gasteiger charge is -2.16. The monoisotopic (exact) mass is 365 g/mol. The molecule has 0 saturated heterocycles. The van der Waals surface area contributed by atoms with Crippen molar-refractivity contribution in [2.45, 2.75) is 11.4 Å². The molecule has 0 saturated carbocycles. The standard InChI is InChI=1S/C12H13Cl2N3O2S2/c1-15-12-10(13)5-9(6-16-12)21(18,19)17(2)7-8-3-4-11(14)20-8/h3-6H,7H2,1-2H3,(H,15,16). The lowest BCUT2D eigenvalue weighted by molar-refractivity contribution is 0.469. The predicted molar refractivity (Wildman–Crippen MR) is 86.8 cm³/mol. The van der Waals surface area contributed by atoms with Crippen LogP contribution in [0.2, 0.25) is 9.36 Å². The molecule has 0 amide bonds. The lowest BCUT2D eigenvalue weighted by Crippen LogP contribution is -2.26. The van der Waals surface area contributed by atoms with E-state index in [1.165, 1.54) is 35.0 Å². The number of nitrogens with one attached hydrogen (secondary N) is 1. The third-order valence-corrected chi connectivity index (χ3v) is 6.04. The first kappa shape index (κ1) is 16.5.